The Balaban J connectivity index is 1.83. The number of pyridine rings is 2. The van der Waals surface area contributed by atoms with Gasteiger partial charge in [0, 0.05) is 19.4 Å². The topological polar surface area (TPSA) is 118 Å². The van der Waals surface area contributed by atoms with Crippen molar-refractivity contribution >= 4 is 44.1 Å². The van der Waals surface area contributed by atoms with Gasteiger partial charge >= 0.3 is 0 Å². The summed E-state index contributed by atoms with van der Waals surface area (Å²) in [5.41, 5.74) is 3.95. The third kappa shape index (κ3) is 3.46. The molecule has 1 aliphatic rings. The molecular weight excluding hydrogens is 440 g/mol. The summed E-state index contributed by atoms with van der Waals surface area (Å²) >= 11 is 0. The second-order valence-electron chi connectivity index (χ2n) is 7.41. The highest BCUT2D eigenvalue weighted by atomic mass is 32.2. The maximum absolute atomic E-state index is 15.5. The number of rotatable bonds is 3. The highest BCUT2D eigenvalue weighted by Crippen LogP contribution is 2.38. The van der Waals surface area contributed by atoms with E-state index in [1.54, 1.807) is 12.1 Å². The van der Waals surface area contributed by atoms with E-state index in [0.29, 0.717) is 16.6 Å². The van der Waals surface area contributed by atoms with Crippen LogP contribution in [0, 0.1) is 18.2 Å². The van der Waals surface area contributed by atoms with E-state index in [9.17, 15) is 12.8 Å². The molecule has 3 heterocycles. The van der Waals surface area contributed by atoms with Crippen LogP contribution in [0.1, 0.15) is 12.5 Å². The van der Waals surface area contributed by atoms with Gasteiger partial charge in [-0.05, 0) is 36.6 Å². The molecule has 3 N–H and O–H groups in total. The van der Waals surface area contributed by atoms with Gasteiger partial charge in [-0.2, -0.15) is 0 Å². The monoisotopic (exact) mass is 457 g/mol. The summed E-state index contributed by atoms with van der Waals surface area (Å²) in [5.74, 6) is -2.84. The molecule has 32 heavy (non-hydrogen) atoms. The Morgan fingerprint density at radius 1 is 1.28 bits per heavy atom. The summed E-state index contributed by atoms with van der Waals surface area (Å²) in [4.78, 5) is 15.8. The molecule has 0 bridgehead atoms. The lowest BCUT2D eigenvalue weighted by Crippen LogP contribution is -2.50. The van der Waals surface area contributed by atoms with Crippen molar-refractivity contribution in [2.45, 2.75) is 12.5 Å². The van der Waals surface area contributed by atoms with Crippen LogP contribution < -0.4 is 11.1 Å². The van der Waals surface area contributed by atoms with Gasteiger partial charge in [0.05, 0.1) is 23.6 Å². The Morgan fingerprint density at radius 3 is 2.72 bits per heavy atom. The lowest BCUT2D eigenvalue weighted by atomic mass is 9.92. The fraction of sp³-hybridized carbons (Fsp3) is 0.200. The molecule has 4 rings (SSSR count). The lowest BCUT2D eigenvalue weighted by molar-refractivity contribution is 0.435. The number of hydrogen-bond donors (Lipinski definition) is 2. The molecule has 0 unspecified atom stereocenters. The number of nitrogens with one attached hydrogen (secondary N) is 1. The molecular formula is C20H17F2N7O2S. The molecule has 9 nitrogen and oxygen atoms in total. The van der Waals surface area contributed by atoms with Gasteiger partial charge in [0.25, 0.3) is 0 Å². The van der Waals surface area contributed by atoms with E-state index in [0.717, 1.165) is 10.4 Å². The average molecular weight is 457 g/mol. The molecule has 0 aliphatic carbocycles. The molecule has 0 radical (unpaired) electrons. The minimum Gasteiger partial charge on any atom is -0.369 e. The molecule has 1 aliphatic heterocycles. The number of fused-ring (bicyclic) bond motifs is 1. The summed E-state index contributed by atoms with van der Waals surface area (Å²) in [6, 6.07) is 5.44. The van der Waals surface area contributed by atoms with Crippen LogP contribution >= 0.6 is 0 Å². The third-order valence-corrected chi connectivity index (χ3v) is 7.11. The van der Waals surface area contributed by atoms with E-state index in [2.05, 4.69) is 25.1 Å². The largest absolute Gasteiger partial charge is 0.369 e. The van der Waals surface area contributed by atoms with Gasteiger partial charge < -0.3 is 11.1 Å². The number of anilines is 2. The third-order valence-electron chi connectivity index (χ3n) is 5.16. The van der Waals surface area contributed by atoms with Crippen molar-refractivity contribution in [2.75, 3.05) is 18.1 Å². The number of nitrogens with zero attached hydrogens (tertiary/aromatic N) is 5. The molecule has 1 atom stereocenters. The maximum atomic E-state index is 15.5. The van der Waals surface area contributed by atoms with Crippen LogP contribution in [0.4, 0.5) is 26.0 Å². The van der Waals surface area contributed by atoms with Gasteiger partial charge in [-0.15, -0.1) is 0 Å². The smallest absolute Gasteiger partial charge is 0.239 e. The van der Waals surface area contributed by atoms with E-state index in [4.69, 9.17) is 12.3 Å². The van der Waals surface area contributed by atoms with Crippen LogP contribution in [0.5, 0.6) is 0 Å². The SMILES string of the molecule is [C-]#[N+]c1cnc2c(Nc3ccc(F)c([C@]4(C)CS(=O)(=O)N(C)C(N)=N4)c3F)nccc2c1. The Hall–Kier alpha value is -3.85. The number of benzene rings is 1. The van der Waals surface area contributed by atoms with Crippen LogP contribution in [0.25, 0.3) is 15.7 Å². The number of nitrogens with two attached hydrogens (primary N) is 1. The summed E-state index contributed by atoms with van der Waals surface area (Å²) in [6.07, 6.45) is 2.81. The zero-order valence-corrected chi connectivity index (χ0v) is 17.8. The number of guanidine groups is 1. The Morgan fingerprint density at radius 2 is 2.03 bits per heavy atom. The lowest BCUT2D eigenvalue weighted by Gasteiger charge is -2.35. The Kier molecular flexibility index (Phi) is 4.93. The van der Waals surface area contributed by atoms with Crippen molar-refractivity contribution in [3.05, 3.63) is 65.3 Å². The van der Waals surface area contributed by atoms with Crippen LogP contribution in [0.2, 0.25) is 0 Å². The number of halogens is 2. The first-order valence-corrected chi connectivity index (χ1v) is 10.9. The number of aliphatic imine (C=N–C) groups is 1. The molecule has 0 amide bonds. The van der Waals surface area contributed by atoms with Crippen molar-refractivity contribution < 1.29 is 17.2 Å². The standard InChI is InChI=1S/C20H17F2N7O2S/c1-20(10-32(30,31)29(3)19(23)28-20)15-13(21)4-5-14(16(15)22)27-18-17-11(6-7-25-18)8-12(24-2)9-26-17/h4-9H,10H2,1,3H3,(H2,23,28)(H,25,27)/t20-/m0/s1. The molecule has 0 saturated heterocycles. The fourth-order valence-corrected chi connectivity index (χ4v) is 4.99. The van der Waals surface area contributed by atoms with E-state index < -0.39 is 38.5 Å². The summed E-state index contributed by atoms with van der Waals surface area (Å²) < 4.78 is 56.0. The van der Waals surface area contributed by atoms with Gasteiger partial charge in [0.1, 0.15) is 16.9 Å². The second kappa shape index (κ2) is 7.38. The molecule has 0 spiro atoms. The van der Waals surface area contributed by atoms with Crippen LogP contribution in [-0.2, 0) is 15.6 Å². The number of aromatic nitrogens is 2. The van der Waals surface area contributed by atoms with Crippen molar-refractivity contribution in [1.29, 1.82) is 0 Å². The van der Waals surface area contributed by atoms with Crippen molar-refractivity contribution in [1.82, 2.24) is 14.3 Å². The van der Waals surface area contributed by atoms with Crippen LogP contribution in [0.15, 0.2) is 41.7 Å². The van der Waals surface area contributed by atoms with E-state index in [-0.39, 0.29) is 17.5 Å². The average Bonchev–Trinajstić information content (AvgIpc) is 2.73. The second-order valence-corrected chi connectivity index (χ2v) is 9.41. The van der Waals surface area contributed by atoms with Crippen molar-refractivity contribution in [2.24, 2.45) is 10.7 Å². The fourth-order valence-electron chi connectivity index (χ4n) is 3.55. The van der Waals surface area contributed by atoms with Gasteiger partial charge in [0.15, 0.2) is 11.6 Å². The summed E-state index contributed by atoms with van der Waals surface area (Å²) in [7, 11) is -2.71. The molecule has 2 aromatic heterocycles. The highest BCUT2D eigenvalue weighted by molar-refractivity contribution is 7.89. The highest BCUT2D eigenvalue weighted by Gasteiger charge is 2.43. The first-order chi connectivity index (χ1) is 15.1. The van der Waals surface area contributed by atoms with Gasteiger partial charge in [0.2, 0.25) is 21.7 Å². The molecule has 0 saturated carbocycles. The molecule has 3 aromatic rings. The van der Waals surface area contributed by atoms with Crippen LogP contribution in [0.3, 0.4) is 0 Å². The zero-order chi connectivity index (χ0) is 23.3. The quantitative estimate of drug-likeness (QED) is 0.584. The minimum absolute atomic E-state index is 0.149. The Labute approximate surface area is 182 Å². The van der Waals surface area contributed by atoms with Crippen LogP contribution in [-0.4, -0.2) is 41.5 Å². The molecule has 1 aromatic carbocycles. The Bertz CT molecular complexity index is 1440. The summed E-state index contributed by atoms with van der Waals surface area (Å²) in [5, 5.41) is 3.39. The number of sulfonamides is 1. The molecule has 12 heteroatoms. The maximum Gasteiger partial charge on any atom is 0.239 e. The van der Waals surface area contributed by atoms with Gasteiger partial charge in [-0.25, -0.2) is 36.3 Å². The normalized spacial score (nSPS) is 20.0. The van der Waals surface area contributed by atoms with E-state index in [1.807, 2.05) is 0 Å². The molecule has 0 fully saturated rings. The van der Waals surface area contributed by atoms with E-state index >= 15 is 4.39 Å². The van der Waals surface area contributed by atoms with E-state index in [1.165, 1.54) is 32.4 Å². The van der Waals surface area contributed by atoms with Crippen molar-refractivity contribution in [3.8, 4) is 0 Å². The zero-order valence-electron chi connectivity index (χ0n) is 17.0. The predicted octanol–water partition coefficient (Wildman–Crippen LogP) is 3.01. The van der Waals surface area contributed by atoms with Gasteiger partial charge in [-0.3, -0.25) is 4.98 Å². The minimum atomic E-state index is -3.93. The first-order valence-electron chi connectivity index (χ1n) is 9.25. The van der Waals surface area contributed by atoms with Crippen molar-refractivity contribution in [3.63, 3.8) is 0 Å². The first kappa shape index (κ1) is 21.4. The molecule has 164 valence electrons. The summed E-state index contributed by atoms with van der Waals surface area (Å²) in [6.45, 7) is 8.40. The predicted molar refractivity (Wildman–Crippen MR) is 116 cm³/mol. The number of hydrogen-bond acceptors (Lipinski definition) is 7. The van der Waals surface area contributed by atoms with Gasteiger partial charge in [-0.1, -0.05) is 0 Å².